The van der Waals surface area contributed by atoms with E-state index < -0.39 is 0 Å². The van der Waals surface area contributed by atoms with Crippen LogP contribution in [0.2, 0.25) is 0 Å². The molecule has 0 saturated carbocycles. The molecular weight excluding hydrogens is 492 g/mol. The maximum atomic E-state index is 14.1. The largest absolute Gasteiger partial charge is 0.326 e. The number of nitrogens with zero attached hydrogens (tertiary/aromatic N) is 3. The van der Waals surface area contributed by atoms with Gasteiger partial charge < -0.3 is 15.2 Å². The van der Waals surface area contributed by atoms with Crippen LogP contribution in [0.3, 0.4) is 0 Å². The van der Waals surface area contributed by atoms with Crippen molar-refractivity contribution in [3.05, 3.63) is 125 Å². The fourth-order valence-electron chi connectivity index (χ4n) is 6.22. The minimum absolute atomic E-state index is 0.0481. The summed E-state index contributed by atoms with van der Waals surface area (Å²) in [6.07, 6.45) is 6.51. The lowest BCUT2D eigenvalue weighted by Gasteiger charge is -2.34. The Balaban J connectivity index is 1.28. The van der Waals surface area contributed by atoms with E-state index in [1.54, 1.807) is 12.4 Å². The highest BCUT2D eigenvalue weighted by atomic mass is 16.1. The van der Waals surface area contributed by atoms with Gasteiger partial charge in [-0.2, -0.15) is 0 Å². The SMILES string of the molecule is Cn1c(C2CCN(C[C@H](N)Cc3ccccc3)CC2)cc(-c2ccncc2)c(-c2ccc3ccccc3c2)c1=O. The van der Waals surface area contributed by atoms with E-state index in [1.807, 2.05) is 41.9 Å². The first-order valence-electron chi connectivity index (χ1n) is 14.2. The molecule has 40 heavy (non-hydrogen) atoms. The zero-order valence-corrected chi connectivity index (χ0v) is 23.0. The van der Waals surface area contributed by atoms with Crippen LogP contribution in [-0.4, -0.2) is 40.1 Å². The van der Waals surface area contributed by atoms with Gasteiger partial charge in [-0.05, 0) is 89.6 Å². The minimum Gasteiger partial charge on any atom is -0.326 e. The van der Waals surface area contributed by atoms with Gasteiger partial charge in [0.25, 0.3) is 5.56 Å². The van der Waals surface area contributed by atoms with Crippen LogP contribution in [0.4, 0.5) is 0 Å². The van der Waals surface area contributed by atoms with Crippen LogP contribution >= 0.6 is 0 Å². The number of hydrogen-bond donors (Lipinski definition) is 1. The summed E-state index contributed by atoms with van der Waals surface area (Å²) in [5.74, 6) is 0.325. The number of fused-ring (bicyclic) bond motifs is 1. The van der Waals surface area contributed by atoms with Crippen molar-refractivity contribution >= 4 is 10.8 Å². The van der Waals surface area contributed by atoms with Gasteiger partial charge in [-0.3, -0.25) is 9.78 Å². The Labute approximate surface area is 235 Å². The predicted octanol–water partition coefficient (Wildman–Crippen LogP) is 6.02. The van der Waals surface area contributed by atoms with Crippen molar-refractivity contribution in [1.29, 1.82) is 0 Å². The van der Waals surface area contributed by atoms with E-state index in [-0.39, 0.29) is 11.6 Å². The van der Waals surface area contributed by atoms with Crippen molar-refractivity contribution in [2.24, 2.45) is 12.8 Å². The molecule has 0 unspecified atom stereocenters. The molecule has 1 saturated heterocycles. The molecule has 1 aliphatic rings. The van der Waals surface area contributed by atoms with Crippen LogP contribution in [0.25, 0.3) is 33.0 Å². The lowest BCUT2D eigenvalue weighted by Crippen LogP contribution is -2.43. The number of hydrogen-bond acceptors (Lipinski definition) is 4. The summed E-state index contributed by atoms with van der Waals surface area (Å²) in [4.78, 5) is 20.8. The Kier molecular flexibility index (Phi) is 7.58. The topological polar surface area (TPSA) is 64.2 Å². The standard InChI is InChI=1S/C35H36N4O/c1-38-33(28-15-19-39(20-16-28)24-31(36)21-25-7-3-2-4-8-25)23-32(27-13-17-37-18-14-27)34(35(38)40)30-12-11-26-9-5-6-10-29(26)22-30/h2-14,17-18,22-23,28,31H,15-16,19-21,24,36H2,1H3/t31-/m1/s1. The molecule has 6 rings (SSSR count). The third-order valence-electron chi connectivity index (χ3n) is 8.34. The zero-order valence-electron chi connectivity index (χ0n) is 23.0. The fraction of sp³-hybridized carbons (Fsp3) is 0.257. The van der Waals surface area contributed by atoms with E-state index in [0.717, 1.165) is 72.2 Å². The molecule has 3 aromatic carbocycles. The van der Waals surface area contributed by atoms with E-state index in [1.165, 1.54) is 10.9 Å². The molecule has 0 spiro atoms. The molecule has 3 heterocycles. The molecule has 0 radical (unpaired) electrons. The minimum atomic E-state index is 0.0481. The van der Waals surface area contributed by atoms with Crippen molar-refractivity contribution in [3.63, 3.8) is 0 Å². The van der Waals surface area contributed by atoms with Crippen LogP contribution < -0.4 is 11.3 Å². The average molecular weight is 529 g/mol. The van der Waals surface area contributed by atoms with Gasteiger partial charge in [0, 0.05) is 43.6 Å². The molecule has 2 aromatic heterocycles. The second kappa shape index (κ2) is 11.6. The van der Waals surface area contributed by atoms with Gasteiger partial charge in [-0.25, -0.2) is 0 Å². The van der Waals surface area contributed by atoms with E-state index in [9.17, 15) is 4.79 Å². The van der Waals surface area contributed by atoms with Crippen LogP contribution in [-0.2, 0) is 13.5 Å². The Morgan fingerprint density at radius 1 is 0.850 bits per heavy atom. The summed E-state index contributed by atoms with van der Waals surface area (Å²) in [6.45, 7) is 2.86. The highest BCUT2D eigenvalue weighted by Gasteiger charge is 2.26. The molecule has 5 nitrogen and oxygen atoms in total. The summed E-state index contributed by atoms with van der Waals surface area (Å²) in [7, 11) is 1.93. The fourth-order valence-corrected chi connectivity index (χ4v) is 6.22. The number of pyridine rings is 2. The quantitative estimate of drug-likeness (QED) is 0.281. The van der Waals surface area contributed by atoms with Gasteiger partial charge in [-0.1, -0.05) is 66.7 Å². The monoisotopic (exact) mass is 528 g/mol. The maximum absolute atomic E-state index is 14.1. The van der Waals surface area contributed by atoms with Gasteiger partial charge in [0.05, 0.1) is 5.56 Å². The summed E-state index contributed by atoms with van der Waals surface area (Å²) in [5.41, 5.74) is 12.6. The molecule has 5 heteroatoms. The third kappa shape index (κ3) is 5.48. The number of rotatable bonds is 7. The van der Waals surface area contributed by atoms with E-state index in [2.05, 4.69) is 70.5 Å². The lowest BCUT2D eigenvalue weighted by atomic mass is 9.88. The molecule has 1 fully saturated rings. The smallest absolute Gasteiger partial charge is 0.259 e. The Hall–Kier alpha value is -4.06. The molecule has 0 bridgehead atoms. The van der Waals surface area contributed by atoms with Crippen molar-refractivity contribution < 1.29 is 0 Å². The second-order valence-corrected chi connectivity index (χ2v) is 11.0. The first-order chi connectivity index (χ1) is 19.6. The molecular formula is C35H36N4O. The van der Waals surface area contributed by atoms with Gasteiger partial charge in [-0.15, -0.1) is 0 Å². The molecule has 5 aromatic rings. The Bertz CT molecular complexity index is 1650. The Morgan fingerprint density at radius 3 is 2.30 bits per heavy atom. The highest BCUT2D eigenvalue weighted by molar-refractivity contribution is 5.91. The number of nitrogens with two attached hydrogens (primary N) is 1. The van der Waals surface area contributed by atoms with Crippen LogP contribution in [0.1, 0.15) is 30.0 Å². The molecule has 0 amide bonds. The van der Waals surface area contributed by atoms with E-state index >= 15 is 0 Å². The number of aromatic nitrogens is 2. The normalized spacial score (nSPS) is 15.3. The summed E-state index contributed by atoms with van der Waals surface area (Å²) >= 11 is 0. The van der Waals surface area contributed by atoms with Crippen LogP contribution in [0.5, 0.6) is 0 Å². The first kappa shape index (κ1) is 26.2. The van der Waals surface area contributed by atoms with Crippen molar-refractivity contribution in [2.45, 2.75) is 31.2 Å². The molecule has 2 N–H and O–H groups in total. The lowest BCUT2D eigenvalue weighted by molar-refractivity contribution is 0.198. The third-order valence-corrected chi connectivity index (χ3v) is 8.34. The van der Waals surface area contributed by atoms with Crippen molar-refractivity contribution in [1.82, 2.24) is 14.5 Å². The average Bonchev–Trinajstić information content (AvgIpc) is 2.99. The Morgan fingerprint density at radius 2 is 1.55 bits per heavy atom. The summed E-state index contributed by atoms with van der Waals surface area (Å²) in [5, 5.41) is 2.30. The number of piperidine rings is 1. The van der Waals surface area contributed by atoms with Gasteiger partial charge in [0.15, 0.2) is 0 Å². The van der Waals surface area contributed by atoms with Crippen molar-refractivity contribution in [2.75, 3.05) is 19.6 Å². The van der Waals surface area contributed by atoms with E-state index in [4.69, 9.17) is 5.73 Å². The summed E-state index contributed by atoms with van der Waals surface area (Å²) in [6, 6.07) is 31.4. The number of benzene rings is 3. The van der Waals surface area contributed by atoms with Gasteiger partial charge in [0.2, 0.25) is 0 Å². The molecule has 1 aliphatic heterocycles. The van der Waals surface area contributed by atoms with E-state index in [0.29, 0.717) is 5.92 Å². The number of likely N-dealkylation sites (tertiary alicyclic amines) is 1. The molecule has 202 valence electrons. The zero-order chi connectivity index (χ0) is 27.5. The first-order valence-corrected chi connectivity index (χ1v) is 14.2. The van der Waals surface area contributed by atoms with Crippen molar-refractivity contribution in [3.8, 4) is 22.3 Å². The van der Waals surface area contributed by atoms with Gasteiger partial charge >= 0.3 is 0 Å². The highest BCUT2D eigenvalue weighted by Crippen LogP contribution is 2.35. The predicted molar refractivity (Wildman–Crippen MR) is 164 cm³/mol. The van der Waals surface area contributed by atoms with Crippen LogP contribution in [0.15, 0.2) is 108 Å². The molecule has 0 aliphatic carbocycles. The summed E-state index contributed by atoms with van der Waals surface area (Å²) < 4.78 is 1.89. The van der Waals surface area contributed by atoms with Gasteiger partial charge in [0.1, 0.15) is 0 Å². The second-order valence-electron chi connectivity index (χ2n) is 11.0. The van der Waals surface area contributed by atoms with Crippen LogP contribution in [0, 0.1) is 0 Å². The molecule has 1 atom stereocenters. The maximum Gasteiger partial charge on any atom is 0.259 e.